The molecule has 4 nitrogen and oxygen atoms in total. The molecule has 0 heterocycles. The molecule has 1 aliphatic carbocycles. The number of halogens is 1. The van der Waals surface area contributed by atoms with Gasteiger partial charge in [-0.05, 0) is 25.8 Å². The first-order chi connectivity index (χ1) is 10.5. The molecule has 1 aromatic rings. The predicted molar refractivity (Wildman–Crippen MR) is 81.1 cm³/mol. The molecule has 1 N–H and O–H groups in total. The quantitative estimate of drug-likeness (QED) is 0.879. The van der Waals surface area contributed by atoms with Gasteiger partial charge in [-0.15, -0.1) is 0 Å². The fourth-order valence-electron chi connectivity index (χ4n) is 3.36. The van der Waals surface area contributed by atoms with Crippen LogP contribution in [-0.2, 0) is 15.0 Å². The smallest absolute Gasteiger partial charge is 0.305 e. The molecule has 0 bridgehead atoms. The number of rotatable bonds is 6. The van der Waals surface area contributed by atoms with E-state index in [9.17, 15) is 14.0 Å². The Morgan fingerprint density at radius 2 is 1.91 bits per heavy atom. The second kappa shape index (κ2) is 6.90. The number of carboxylic acids is 1. The summed E-state index contributed by atoms with van der Waals surface area (Å²) in [5.41, 5.74) is -0.383. The van der Waals surface area contributed by atoms with Crippen LogP contribution >= 0.6 is 0 Å². The maximum absolute atomic E-state index is 14.3. The lowest BCUT2D eigenvalue weighted by Crippen LogP contribution is -2.46. The Labute approximate surface area is 129 Å². The Hall–Kier alpha value is -1.91. The van der Waals surface area contributed by atoms with E-state index in [0.29, 0.717) is 24.9 Å². The van der Waals surface area contributed by atoms with Crippen LogP contribution in [0.25, 0.3) is 0 Å². The van der Waals surface area contributed by atoms with Gasteiger partial charge >= 0.3 is 5.97 Å². The van der Waals surface area contributed by atoms with Crippen molar-refractivity contribution in [2.75, 3.05) is 13.1 Å². The van der Waals surface area contributed by atoms with Crippen molar-refractivity contribution < 1.29 is 19.1 Å². The summed E-state index contributed by atoms with van der Waals surface area (Å²) in [6.45, 7) is 2.42. The zero-order valence-corrected chi connectivity index (χ0v) is 12.8. The maximum Gasteiger partial charge on any atom is 0.305 e. The number of likely N-dealkylation sites (N-methyl/N-ethyl adjacent to an activating group) is 1. The number of nitrogens with zero attached hydrogens (tertiary/aromatic N) is 1. The molecule has 0 saturated heterocycles. The molecule has 1 aromatic carbocycles. The van der Waals surface area contributed by atoms with Gasteiger partial charge in [0.05, 0.1) is 11.8 Å². The second-order valence-electron chi connectivity index (χ2n) is 5.80. The minimum atomic E-state index is -0.933. The lowest BCUT2D eigenvalue weighted by Gasteiger charge is -2.34. The monoisotopic (exact) mass is 307 g/mol. The number of benzene rings is 1. The van der Waals surface area contributed by atoms with Gasteiger partial charge in [0.2, 0.25) is 5.91 Å². The van der Waals surface area contributed by atoms with E-state index in [1.807, 2.05) is 6.92 Å². The van der Waals surface area contributed by atoms with Gasteiger partial charge in [0, 0.05) is 18.7 Å². The molecule has 0 atom stereocenters. The van der Waals surface area contributed by atoms with Crippen LogP contribution in [0.1, 0.15) is 44.6 Å². The fraction of sp³-hybridized carbons (Fsp3) is 0.529. The van der Waals surface area contributed by atoms with E-state index < -0.39 is 11.4 Å². The van der Waals surface area contributed by atoms with E-state index in [-0.39, 0.29) is 24.7 Å². The highest BCUT2D eigenvalue weighted by molar-refractivity contribution is 5.89. The molecule has 0 unspecified atom stereocenters. The predicted octanol–water partition coefficient (Wildman–Crippen LogP) is 2.96. The van der Waals surface area contributed by atoms with Crippen LogP contribution in [0.2, 0.25) is 0 Å². The number of carbonyl (C=O) groups is 2. The molecule has 1 saturated carbocycles. The van der Waals surface area contributed by atoms with Crippen molar-refractivity contribution in [3.8, 4) is 0 Å². The van der Waals surface area contributed by atoms with Gasteiger partial charge in [-0.25, -0.2) is 4.39 Å². The second-order valence-corrected chi connectivity index (χ2v) is 5.80. The Bertz CT molecular complexity index is 553. The molecule has 5 heteroatoms. The first-order valence-electron chi connectivity index (χ1n) is 7.77. The average Bonchev–Trinajstić information content (AvgIpc) is 2.98. The number of amides is 1. The molecule has 0 aliphatic heterocycles. The van der Waals surface area contributed by atoms with Crippen molar-refractivity contribution in [3.63, 3.8) is 0 Å². The van der Waals surface area contributed by atoms with Crippen LogP contribution in [0.4, 0.5) is 4.39 Å². The fourth-order valence-corrected chi connectivity index (χ4v) is 3.36. The third kappa shape index (κ3) is 3.13. The van der Waals surface area contributed by atoms with Crippen LogP contribution in [0.15, 0.2) is 24.3 Å². The highest BCUT2D eigenvalue weighted by Crippen LogP contribution is 2.43. The summed E-state index contributed by atoms with van der Waals surface area (Å²) in [6.07, 6.45) is 2.92. The van der Waals surface area contributed by atoms with Gasteiger partial charge in [0.15, 0.2) is 0 Å². The van der Waals surface area contributed by atoms with Gasteiger partial charge in [0.1, 0.15) is 5.82 Å². The normalized spacial score (nSPS) is 16.5. The third-order valence-corrected chi connectivity index (χ3v) is 4.52. The summed E-state index contributed by atoms with van der Waals surface area (Å²) in [5.74, 6) is -1.43. The summed E-state index contributed by atoms with van der Waals surface area (Å²) < 4.78 is 14.3. The average molecular weight is 307 g/mol. The van der Waals surface area contributed by atoms with Crippen molar-refractivity contribution >= 4 is 11.9 Å². The van der Waals surface area contributed by atoms with Crippen LogP contribution in [0.3, 0.4) is 0 Å². The molecular formula is C17H22FNO3. The maximum atomic E-state index is 14.3. The van der Waals surface area contributed by atoms with E-state index in [1.54, 1.807) is 23.1 Å². The molecule has 0 radical (unpaired) electrons. The molecule has 2 rings (SSSR count). The van der Waals surface area contributed by atoms with Crippen LogP contribution < -0.4 is 0 Å². The van der Waals surface area contributed by atoms with Gasteiger partial charge < -0.3 is 10.0 Å². The van der Waals surface area contributed by atoms with Crippen molar-refractivity contribution in [1.29, 1.82) is 0 Å². The Morgan fingerprint density at radius 1 is 1.27 bits per heavy atom. The highest BCUT2D eigenvalue weighted by Gasteiger charge is 2.46. The number of carboxylic acid groups (broad SMARTS) is 1. The minimum absolute atomic E-state index is 0.0903. The largest absolute Gasteiger partial charge is 0.481 e. The molecular weight excluding hydrogens is 285 g/mol. The number of carbonyl (C=O) groups excluding carboxylic acids is 1. The van der Waals surface area contributed by atoms with E-state index in [2.05, 4.69) is 0 Å². The lowest BCUT2D eigenvalue weighted by atomic mass is 9.77. The summed E-state index contributed by atoms with van der Waals surface area (Å²) in [6, 6.07) is 6.44. The number of hydrogen-bond donors (Lipinski definition) is 1. The van der Waals surface area contributed by atoms with Crippen LogP contribution in [0, 0.1) is 5.82 Å². The van der Waals surface area contributed by atoms with Crippen molar-refractivity contribution in [2.45, 2.75) is 44.4 Å². The third-order valence-electron chi connectivity index (χ3n) is 4.52. The van der Waals surface area contributed by atoms with Gasteiger partial charge in [-0.3, -0.25) is 9.59 Å². The Kier molecular flexibility index (Phi) is 5.16. The molecule has 0 spiro atoms. The first-order valence-corrected chi connectivity index (χ1v) is 7.77. The molecule has 120 valence electrons. The minimum Gasteiger partial charge on any atom is -0.481 e. The molecule has 0 aromatic heterocycles. The Balaban J connectivity index is 2.32. The standard InChI is InChI=1S/C17H22FNO3/c1-2-19(12-9-15(20)21)16(22)17(10-5-6-11-17)13-7-3-4-8-14(13)18/h3-4,7-8H,2,5-6,9-12H2,1H3,(H,20,21). The summed E-state index contributed by atoms with van der Waals surface area (Å²) in [5, 5.41) is 8.83. The number of hydrogen-bond acceptors (Lipinski definition) is 2. The van der Waals surface area contributed by atoms with Crippen molar-refractivity contribution in [1.82, 2.24) is 4.90 Å². The van der Waals surface area contributed by atoms with Crippen LogP contribution in [-0.4, -0.2) is 35.0 Å². The summed E-state index contributed by atoms with van der Waals surface area (Å²) >= 11 is 0. The van der Waals surface area contributed by atoms with Crippen molar-refractivity contribution in [2.24, 2.45) is 0 Å². The van der Waals surface area contributed by atoms with E-state index in [4.69, 9.17) is 5.11 Å². The molecule has 22 heavy (non-hydrogen) atoms. The van der Waals surface area contributed by atoms with E-state index in [0.717, 1.165) is 12.8 Å². The van der Waals surface area contributed by atoms with E-state index in [1.165, 1.54) is 6.07 Å². The van der Waals surface area contributed by atoms with Gasteiger partial charge in [-0.1, -0.05) is 31.0 Å². The van der Waals surface area contributed by atoms with Gasteiger partial charge in [0.25, 0.3) is 0 Å². The SMILES string of the molecule is CCN(CCC(=O)O)C(=O)C1(c2ccccc2F)CCCC1. The summed E-state index contributed by atoms with van der Waals surface area (Å²) in [4.78, 5) is 25.3. The number of aliphatic carboxylic acids is 1. The topological polar surface area (TPSA) is 57.6 Å². The van der Waals surface area contributed by atoms with Crippen molar-refractivity contribution in [3.05, 3.63) is 35.6 Å². The zero-order valence-electron chi connectivity index (χ0n) is 12.8. The van der Waals surface area contributed by atoms with Crippen LogP contribution in [0.5, 0.6) is 0 Å². The molecule has 1 fully saturated rings. The summed E-state index contributed by atoms with van der Waals surface area (Å²) in [7, 11) is 0. The van der Waals surface area contributed by atoms with Gasteiger partial charge in [-0.2, -0.15) is 0 Å². The Morgan fingerprint density at radius 3 is 2.45 bits per heavy atom. The lowest BCUT2D eigenvalue weighted by molar-refractivity contribution is -0.140. The first kappa shape index (κ1) is 16.5. The van der Waals surface area contributed by atoms with E-state index >= 15 is 0 Å². The molecule has 1 amide bonds. The molecule has 1 aliphatic rings. The zero-order chi connectivity index (χ0) is 16.2. The highest BCUT2D eigenvalue weighted by atomic mass is 19.1.